The molecule has 0 N–H and O–H groups in total. The van der Waals surface area contributed by atoms with Crippen molar-refractivity contribution < 1.29 is 0 Å². The molecule has 0 fully saturated rings. The highest BCUT2D eigenvalue weighted by Gasteiger charge is 2.53. The van der Waals surface area contributed by atoms with Gasteiger partial charge in [0, 0.05) is 33.4 Å². The molecule has 2 nitrogen and oxygen atoms in total. The number of fused-ring (bicyclic) bond motifs is 16. The van der Waals surface area contributed by atoms with E-state index in [4.69, 9.17) is 0 Å². The van der Waals surface area contributed by atoms with Crippen molar-refractivity contribution in [3.05, 3.63) is 311 Å². The molecule has 0 radical (unpaired) electrons. The van der Waals surface area contributed by atoms with Crippen molar-refractivity contribution in [1.82, 2.24) is 4.57 Å². The van der Waals surface area contributed by atoms with Gasteiger partial charge in [-0.25, -0.2) is 0 Å². The van der Waals surface area contributed by atoms with Crippen LogP contribution in [0, 0.1) is 0 Å². The highest BCUT2D eigenvalue weighted by Crippen LogP contribution is 2.65. The van der Waals surface area contributed by atoms with Crippen LogP contribution in [0.5, 0.6) is 0 Å². The van der Waals surface area contributed by atoms with Gasteiger partial charge in [0.15, 0.2) is 0 Å². The topological polar surface area (TPSA) is 8.17 Å². The summed E-state index contributed by atoms with van der Waals surface area (Å²) in [5.41, 5.74) is 23.9. The predicted octanol–water partition coefficient (Wildman–Crippen LogP) is 17.0. The van der Waals surface area contributed by atoms with Gasteiger partial charge in [0.25, 0.3) is 0 Å². The Morgan fingerprint density at radius 1 is 0.286 bits per heavy atom. The lowest BCUT2D eigenvalue weighted by molar-refractivity contribution is 0.768. The van der Waals surface area contributed by atoms with E-state index in [-0.39, 0.29) is 0 Å². The number of anilines is 3. The summed E-state index contributed by atoms with van der Waals surface area (Å²) in [6.07, 6.45) is 0. The summed E-state index contributed by atoms with van der Waals surface area (Å²) < 4.78 is 2.43. The molecule has 3 aliphatic rings. The van der Waals surface area contributed by atoms with E-state index >= 15 is 0 Å². The molecule has 326 valence electrons. The molecule has 2 heteroatoms. The highest BCUT2D eigenvalue weighted by molar-refractivity contribution is 6.09. The predicted molar refractivity (Wildman–Crippen MR) is 289 cm³/mol. The maximum atomic E-state index is 2.54. The Morgan fingerprint density at radius 3 is 1.24 bits per heavy atom. The fourth-order valence-corrected chi connectivity index (χ4v) is 13.3. The Labute approximate surface area is 407 Å². The second-order valence-corrected chi connectivity index (χ2v) is 19.1. The standard InChI is InChI=1S/C68H44N2/c1-2-20-45(21-3-1)67(58-32-11-4-24-50(58)51-25-5-12-33-59(51)67)46-40-42-47(43-41-46)69(48-22-18-23-49(44-48)70-63-37-16-9-29-55(63)56-30-10-17-38-64(56)70)65-39-19-31-57-54-28-8-15-36-62(54)68(66(57)65)60-34-13-6-26-52(60)53-27-7-14-35-61(53)68/h1-44H. The number of nitrogens with zero attached hydrogens (tertiary/aromatic N) is 2. The first-order valence-electron chi connectivity index (χ1n) is 24.4. The zero-order valence-corrected chi connectivity index (χ0v) is 38.3. The first-order valence-corrected chi connectivity index (χ1v) is 24.4. The lowest BCUT2D eigenvalue weighted by atomic mass is 9.67. The fraction of sp³-hybridized carbons (Fsp3) is 0.0294. The minimum atomic E-state index is -0.549. The highest BCUT2D eigenvalue weighted by atomic mass is 15.2. The molecule has 0 saturated carbocycles. The quantitative estimate of drug-likeness (QED) is 0.161. The van der Waals surface area contributed by atoms with Gasteiger partial charge in [0.1, 0.15) is 0 Å². The van der Waals surface area contributed by atoms with Crippen molar-refractivity contribution >= 4 is 38.9 Å². The van der Waals surface area contributed by atoms with Crippen molar-refractivity contribution in [2.75, 3.05) is 4.90 Å². The Hall–Kier alpha value is -8.98. The maximum absolute atomic E-state index is 2.54. The van der Waals surface area contributed by atoms with Gasteiger partial charge in [-0.1, -0.05) is 218 Å². The Kier molecular flexibility index (Phi) is 8.24. The molecule has 0 unspecified atom stereocenters. The zero-order chi connectivity index (χ0) is 46.0. The van der Waals surface area contributed by atoms with Crippen LogP contribution in [-0.4, -0.2) is 4.57 Å². The number of hydrogen-bond acceptors (Lipinski definition) is 1. The SMILES string of the molecule is c1ccc(C2(c3ccc(N(c4cccc(-n5c6ccccc6c6ccccc65)c4)c4cccc5c4C4(c6ccccc6-c6ccccc64)c4ccccc4-5)cc3)c3ccccc3-c3ccccc32)cc1. The van der Waals surface area contributed by atoms with Crippen LogP contribution in [0.4, 0.5) is 17.1 Å². The molecule has 3 aliphatic carbocycles. The smallest absolute Gasteiger partial charge is 0.0746 e. The van der Waals surface area contributed by atoms with Gasteiger partial charge in [-0.05, 0) is 121 Å². The second-order valence-electron chi connectivity index (χ2n) is 19.1. The lowest BCUT2D eigenvalue weighted by Crippen LogP contribution is -2.29. The first kappa shape index (κ1) is 39.1. The third-order valence-corrected chi connectivity index (χ3v) is 15.9. The molecule has 1 spiro atoms. The Bertz CT molecular complexity index is 3920. The minimum absolute atomic E-state index is 0.509. The van der Waals surface area contributed by atoms with Gasteiger partial charge in [-0.3, -0.25) is 0 Å². The van der Waals surface area contributed by atoms with Gasteiger partial charge in [-0.2, -0.15) is 0 Å². The van der Waals surface area contributed by atoms with Crippen LogP contribution in [0.2, 0.25) is 0 Å². The van der Waals surface area contributed by atoms with Crippen LogP contribution < -0.4 is 4.90 Å². The van der Waals surface area contributed by atoms with E-state index < -0.39 is 10.8 Å². The molecule has 0 saturated heterocycles. The molecule has 12 aromatic rings. The normalized spacial score (nSPS) is 13.9. The van der Waals surface area contributed by atoms with Crippen LogP contribution in [0.25, 0.3) is 60.9 Å². The summed E-state index contributed by atoms with van der Waals surface area (Å²) in [5, 5.41) is 2.50. The van der Waals surface area contributed by atoms with E-state index in [1.54, 1.807) is 0 Å². The number of rotatable bonds is 6. The lowest BCUT2D eigenvalue weighted by Gasteiger charge is -2.36. The minimum Gasteiger partial charge on any atom is -0.310 e. The van der Waals surface area contributed by atoms with Gasteiger partial charge in [0.05, 0.1) is 27.6 Å². The monoisotopic (exact) mass is 888 g/mol. The summed E-state index contributed by atoms with van der Waals surface area (Å²) in [6, 6.07) is 99.8. The van der Waals surface area contributed by atoms with Gasteiger partial charge < -0.3 is 9.47 Å². The molecule has 0 bridgehead atoms. The van der Waals surface area contributed by atoms with E-state index in [0.29, 0.717) is 0 Å². The molecule has 70 heavy (non-hydrogen) atoms. The summed E-state index contributed by atoms with van der Waals surface area (Å²) in [6.45, 7) is 0. The molecule has 1 heterocycles. The number of benzene rings is 11. The van der Waals surface area contributed by atoms with Crippen molar-refractivity contribution in [3.8, 4) is 39.1 Å². The largest absolute Gasteiger partial charge is 0.310 e. The third-order valence-electron chi connectivity index (χ3n) is 15.9. The van der Waals surface area contributed by atoms with Crippen LogP contribution in [-0.2, 0) is 10.8 Å². The molecule has 0 atom stereocenters. The Balaban J connectivity index is 1.01. The van der Waals surface area contributed by atoms with E-state index in [1.165, 1.54) is 99.7 Å². The summed E-state index contributed by atoms with van der Waals surface area (Å²) in [4.78, 5) is 2.54. The van der Waals surface area contributed by atoms with Gasteiger partial charge >= 0.3 is 0 Å². The van der Waals surface area contributed by atoms with E-state index in [2.05, 4.69) is 276 Å². The zero-order valence-electron chi connectivity index (χ0n) is 38.3. The first-order chi connectivity index (χ1) is 34.8. The third kappa shape index (κ3) is 5.07. The summed E-state index contributed by atoms with van der Waals surface area (Å²) in [7, 11) is 0. The molecule has 11 aromatic carbocycles. The molecular weight excluding hydrogens is 845 g/mol. The molecule has 1 aromatic heterocycles. The number of para-hydroxylation sites is 2. The second kappa shape index (κ2) is 14.8. The van der Waals surface area contributed by atoms with Crippen molar-refractivity contribution in [3.63, 3.8) is 0 Å². The average molecular weight is 889 g/mol. The Morgan fingerprint density at radius 2 is 0.700 bits per heavy atom. The van der Waals surface area contributed by atoms with Gasteiger partial charge in [0.2, 0.25) is 0 Å². The number of aromatic nitrogens is 1. The van der Waals surface area contributed by atoms with Crippen LogP contribution in [0.3, 0.4) is 0 Å². The van der Waals surface area contributed by atoms with Crippen LogP contribution in [0.15, 0.2) is 267 Å². The van der Waals surface area contributed by atoms with E-state index in [0.717, 1.165) is 22.7 Å². The van der Waals surface area contributed by atoms with E-state index in [1.807, 2.05) is 0 Å². The van der Waals surface area contributed by atoms with Crippen LogP contribution >= 0.6 is 0 Å². The van der Waals surface area contributed by atoms with Gasteiger partial charge in [-0.15, -0.1) is 0 Å². The summed E-state index contributed by atoms with van der Waals surface area (Å²) in [5.74, 6) is 0. The van der Waals surface area contributed by atoms with Crippen LogP contribution in [0.1, 0.15) is 44.5 Å². The van der Waals surface area contributed by atoms with Crippen molar-refractivity contribution in [1.29, 1.82) is 0 Å². The molecule has 15 rings (SSSR count). The van der Waals surface area contributed by atoms with E-state index in [9.17, 15) is 0 Å². The number of hydrogen-bond donors (Lipinski definition) is 0. The van der Waals surface area contributed by atoms with Crippen molar-refractivity contribution in [2.24, 2.45) is 0 Å². The fourth-order valence-electron chi connectivity index (χ4n) is 13.3. The molecule has 0 amide bonds. The average Bonchev–Trinajstić information content (AvgIpc) is 4.13. The molecule has 0 aliphatic heterocycles. The summed E-state index contributed by atoms with van der Waals surface area (Å²) >= 11 is 0. The maximum Gasteiger partial charge on any atom is 0.0746 e. The van der Waals surface area contributed by atoms with Crippen molar-refractivity contribution in [2.45, 2.75) is 10.8 Å². The molecular formula is C68H44N2.